The van der Waals surface area contributed by atoms with Crippen molar-refractivity contribution >= 4 is 33.2 Å². The van der Waals surface area contributed by atoms with E-state index in [-0.39, 0.29) is 11.9 Å². The average molecular weight is 325 g/mol. The Hall–Kier alpha value is -1.20. The van der Waals surface area contributed by atoms with E-state index in [9.17, 15) is 4.79 Å². The molecule has 5 heteroatoms. The van der Waals surface area contributed by atoms with Crippen LogP contribution in [0.4, 0.5) is 0 Å². The van der Waals surface area contributed by atoms with E-state index >= 15 is 0 Å². The lowest BCUT2D eigenvalue weighted by Crippen LogP contribution is -2.27. The molecule has 0 aliphatic carbocycles. The standard InChI is InChI=1S/C13H13BrN2OS/c1-8-4-3-5-10(11(8)14)12(17)16-9(2)13-15-6-7-18-13/h3-7,9H,1-2H3,(H,16,17). The van der Waals surface area contributed by atoms with Gasteiger partial charge in [0, 0.05) is 16.0 Å². The first kappa shape index (κ1) is 13.2. The molecule has 0 spiro atoms. The lowest BCUT2D eigenvalue weighted by molar-refractivity contribution is 0.0939. The lowest BCUT2D eigenvalue weighted by atomic mass is 10.1. The van der Waals surface area contributed by atoms with Crippen LogP contribution in [0.2, 0.25) is 0 Å². The molecule has 0 fully saturated rings. The number of halogens is 1. The maximum absolute atomic E-state index is 12.2. The Bertz CT molecular complexity index is 554. The number of aromatic nitrogens is 1. The van der Waals surface area contributed by atoms with Crippen LogP contribution in [-0.2, 0) is 0 Å². The second kappa shape index (κ2) is 5.63. The van der Waals surface area contributed by atoms with Crippen molar-refractivity contribution < 1.29 is 4.79 Å². The quantitative estimate of drug-likeness (QED) is 0.935. The van der Waals surface area contributed by atoms with Gasteiger partial charge in [0.2, 0.25) is 0 Å². The van der Waals surface area contributed by atoms with Crippen molar-refractivity contribution in [3.05, 3.63) is 50.4 Å². The molecule has 1 amide bonds. The molecule has 1 N–H and O–H groups in total. The maximum Gasteiger partial charge on any atom is 0.252 e. The molecule has 1 atom stereocenters. The average Bonchev–Trinajstić information content (AvgIpc) is 2.86. The summed E-state index contributed by atoms with van der Waals surface area (Å²) in [6, 6.07) is 5.57. The number of carbonyl (C=O) groups excluding carboxylic acids is 1. The summed E-state index contributed by atoms with van der Waals surface area (Å²) in [5, 5.41) is 5.76. The SMILES string of the molecule is Cc1cccc(C(=O)NC(C)c2nccs2)c1Br. The van der Waals surface area contributed by atoms with Crippen LogP contribution in [0.1, 0.15) is 33.9 Å². The van der Waals surface area contributed by atoms with E-state index in [1.54, 1.807) is 12.3 Å². The summed E-state index contributed by atoms with van der Waals surface area (Å²) >= 11 is 4.98. The fourth-order valence-corrected chi connectivity index (χ4v) is 2.70. The molecule has 2 aromatic rings. The van der Waals surface area contributed by atoms with Crippen molar-refractivity contribution in [3.63, 3.8) is 0 Å². The maximum atomic E-state index is 12.2. The highest BCUT2D eigenvalue weighted by Gasteiger charge is 2.15. The van der Waals surface area contributed by atoms with Gasteiger partial charge in [0.05, 0.1) is 11.6 Å². The molecule has 94 valence electrons. The van der Waals surface area contributed by atoms with Crippen LogP contribution in [0.15, 0.2) is 34.2 Å². The van der Waals surface area contributed by atoms with Crippen LogP contribution in [0.3, 0.4) is 0 Å². The van der Waals surface area contributed by atoms with Gasteiger partial charge in [0.25, 0.3) is 5.91 Å². The number of amides is 1. The van der Waals surface area contributed by atoms with E-state index < -0.39 is 0 Å². The van der Waals surface area contributed by atoms with E-state index in [0.29, 0.717) is 5.56 Å². The number of hydrogen-bond donors (Lipinski definition) is 1. The summed E-state index contributed by atoms with van der Waals surface area (Å²) in [7, 11) is 0. The third-order valence-corrected chi connectivity index (χ3v) is 4.62. The zero-order valence-corrected chi connectivity index (χ0v) is 12.5. The van der Waals surface area contributed by atoms with E-state index in [1.807, 2.05) is 31.4 Å². The highest BCUT2D eigenvalue weighted by atomic mass is 79.9. The number of hydrogen-bond acceptors (Lipinski definition) is 3. The number of nitrogens with one attached hydrogen (secondary N) is 1. The van der Waals surface area contributed by atoms with Gasteiger partial charge >= 0.3 is 0 Å². The molecule has 18 heavy (non-hydrogen) atoms. The second-order valence-corrected chi connectivity index (χ2v) is 5.72. The molecule has 0 saturated carbocycles. The summed E-state index contributed by atoms with van der Waals surface area (Å²) < 4.78 is 0.842. The van der Waals surface area contributed by atoms with Crippen LogP contribution in [0.5, 0.6) is 0 Å². The van der Waals surface area contributed by atoms with Crippen molar-refractivity contribution in [1.82, 2.24) is 10.3 Å². The monoisotopic (exact) mass is 324 g/mol. The molecule has 0 saturated heterocycles. The molecule has 1 aromatic carbocycles. The summed E-state index contributed by atoms with van der Waals surface area (Å²) in [4.78, 5) is 16.4. The molecule has 1 aromatic heterocycles. The number of rotatable bonds is 3. The molecule has 0 aliphatic rings. The Labute approximate surface area is 118 Å². The molecular weight excluding hydrogens is 312 g/mol. The van der Waals surface area contributed by atoms with Gasteiger partial charge < -0.3 is 5.32 Å². The fourth-order valence-electron chi connectivity index (χ4n) is 1.61. The number of aryl methyl sites for hydroxylation is 1. The molecular formula is C13H13BrN2OS. The summed E-state index contributed by atoms with van der Waals surface area (Å²) in [5.74, 6) is -0.0896. The van der Waals surface area contributed by atoms with Gasteiger partial charge in [0.1, 0.15) is 5.01 Å². The third kappa shape index (κ3) is 2.79. The lowest BCUT2D eigenvalue weighted by Gasteiger charge is -2.12. The summed E-state index contributed by atoms with van der Waals surface area (Å²) in [5.41, 5.74) is 1.70. The number of nitrogens with zero attached hydrogens (tertiary/aromatic N) is 1. The van der Waals surface area contributed by atoms with Gasteiger partial charge in [-0.15, -0.1) is 11.3 Å². The van der Waals surface area contributed by atoms with E-state index in [0.717, 1.165) is 15.0 Å². The van der Waals surface area contributed by atoms with Crippen LogP contribution < -0.4 is 5.32 Å². The van der Waals surface area contributed by atoms with Crippen LogP contribution in [-0.4, -0.2) is 10.9 Å². The predicted octanol–water partition coefficient (Wildman–Crippen LogP) is 3.71. The van der Waals surface area contributed by atoms with Gasteiger partial charge in [0.15, 0.2) is 0 Å². The second-order valence-electron chi connectivity index (χ2n) is 4.00. The molecule has 1 unspecified atom stereocenters. The minimum atomic E-state index is -0.0896. The van der Waals surface area contributed by atoms with Crippen LogP contribution in [0, 0.1) is 6.92 Å². The molecule has 0 radical (unpaired) electrons. The molecule has 2 rings (SSSR count). The molecule has 3 nitrogen and oxygen atoms in total. The number of carbonyl (C=O) groups is 1. The highest BCUT2D eigenvalue weighted by Crippen LogP contribution is 2.22. The van der Waals surface area contributed by atoms with Crippen molar-refractivity contribution in [1.29, 1.82) is 0 Å². The zero-order chi connectivity index (χ0) is 13.1. The minimum Gasteiger partial charge on any atom is -0.343 e. The Morgan fingerprint density at radius 2 is 2.28 bits per heavy atom. The van der Waals surface area contributed by atoms with Crippen LogP contribution >= 0.6 is 27.3 Å². The smallest absolute Gasteiger partial charge is 0.252 e. The number of thiazole rings is 1. The first-order valence-electron chi connectivity index (χ1n) is 5.55. The first-order valence-corrected chi connectivity index (χ1v) is 7.22. The Balaban J connectivity index is 2.15. The van der Waals surface area contributed by atoms with E-state index in [2.05, 4.69) is 26.2 Å². The minimum absolute atomic E-state index is 0.0788. The molecule has 1 heterocycles. The highest BCUT2D eigenvalue weighted by molar-refractivity contribution is 9.10. The Morgan fingerprint density at radius 1 is 1.50 bits per heavy atom. The first-order chi connectivity index (χ1) is 8.59. The van der Waals surface area contributed by atoms with Gasteiger partial charge in [-0.25, -0.2) is 4.98 Å². The molecule has 0 aliphatic heterocycles. The van der Waals surface area contributed by atoms with Gasteiger partial charge in [-0.2, -0.15) is 0 Å². The van der Waals surface area contributed by atoms with Crippen molar-refractivity contribution in [2.75, 3.05) is 0 Å². The van der Waals surface area contributed by atoms with Gasteiger partial charge in [-0.05, 0) is 41.4 Å². The fraction of sp³-hybridized carbons (Fsp3) is 0.231. The van der Waals surface area contributed by atoms with Crippen molar-refractivity contribution in [2.45, 2.75) is 19.9 Å². The predicted molar refractivity (Wildman–Crippen MR) is 76.9 cm³/mol. The zero-order valence-electron chi connectivity index (χ0n) is 10.1. The third-order valence-electron chi connectivity index (χ3n) is 2.61. The Kier molecular flexibility index (Phi) is 4.14. The largest absolute Gasteiger partial charge is 0.343 e. The normalized spacial score (nSPS) is 12.2. The van der Waals surface area contributed by atoms with E-state index in [1.165, 1.54) is 11.3 Å². The summed E-state index contributed by atoms with van der Waals surface area (Å²) in [6.07, 6.45) is 1.74. The van der Waals surface area contributed by atoms with Gasteiger partial charge in [-0.1, -0.05) is 12.1 Å². The van der Waals surface area contributed by atoms with E-state index in [4.69, 9.17) is 0 Å². The molecule has 0 bridgehead atoms. The van der Waals surface area contributed by atoms with Gasteiger partial charge in [-0.3, -0.25) is 4.79 Å². The number of benzene rings is 1. The van der Waals surface area contributed by atoms with Crippen molar-refractivity contribution in [3.8, 4) is 0 Å². The van der Waals surface area contributed by atoms with Crippen molar-refractivity contribution in [2.24, 2.45) is 0 Å². The topological polar surface area (TPSA) is 42.0 Å². The summed E-state index contributed by atoms with van der Waals surface area (Å²) in [6.45, 7) is 3.89. The Morgan fingerprint density at radius 3 is 2.94 bits per heavy atom. The van der Waals surface area contributed by atoms with Crippen LogP contribution in [0.25, 0.3) is 0 Å².